The number of ether oxygens (including phenoxy) is 1. The fourth-order valence-electron chi connectivity index (χ4n) is 4.02. The second-order valence-corrected chi connectivity index (χ2v) is 6.52. The van der Waals surface area contributed by atoms with Crippen molar-refractivity contribution >= 4 is 23.6 Å². The van der Waals surface area contributed by atoms with Crippen LogP contribution in [-0.2, 0) is 14.3 Å². The molecule has 2 saturated heterocycles. The van der Waals surface area contributed by atoms with Gasteiger partial charge in [0.15, 0.2) is 5.70 Å². The predicted octanol–water partition coefficient (Wildman–Crippen LogP) is 0.782. The number of hydrogen-bond acceptors (Lipinski definition) is 5. The quantitative estimate of drug-likeness (QED) is 0.542. The Morgan fingerprint density at radius 3 is 2.58 bits per heavy atom. The van der Waals surface area contributed by atoms with E-state index in [0.717, 1.165) is 0 Å². The van der Waals surface area contributed by atoms with E-state index in [9.17, 15) is 24.6 Å². The Labute approximate surface area is 148 Å². The lowest BCUT2D eigenvalue weighted by Crippen LogP contribution is -2.69. The van der Waals surface area contributed by atoms with Gasteiger partial charge >= 0.3 is 12.0 Å². The number of phenolic OH excluding ortho intramolecular Hbond substituents is 1. The number of carboxylic acids is 1. The summed E-state index contributed by atoms with van der Waals surface area (Å²) in [4.78, 5) is 39.4. The minimum Gasteiger partial charge on any atom is -0.508 e. The summed E-state index contributed by atoms with van der Waals surface area (Å²) in [5, 5.41) is 21.4. The largest absolute Gasteiger partial charge is 0.508 e. The van der Waals surface area contributed by atoms with Gasteiger partial charge in [-0.3, -0.25) is 9.69 Å². The maximum atomic E-state index is 12.6. The Balaban J connectivity index is 1.56. The highest BCUT2D eigenvalue weighted by molar-refractivity contribution is 6.03. The van der Waals surface area contributed by atoms with E-state index in [0.29, 0.717) is 18.7 Å². The summed E-state index contributed by atoms with van der Waals surface area (Å²) in [6.45, 7) is 0.335. The van der Waals surface area contributed by atoms with Crippen molar-refractivity contribution < 1.29 is 29.3 Å². The number of rotatable bonds is 3. The molecule has 3 heterocycles. The average molecular weight is 359 g/mol. The number of benzene rings is 1. The van der Waals surface area contributed by atoms with Gasteiger partial charge in [-0.2, -0.15) is 0 Å². The number of nitrogens with zero attached hydrogens (tertiary/aromatic N) is 2. The first-order valence-electron chi connectivity index (χ1n) is 8.12. The molecule has 3 aliphatic rings. The fraction of sp³-hybridized carbons (Fsp3) is 0.353. The standard InChI is InChI=1S/C17H17N3O6/c1-26-11-6-8-7-19(17(25)18-9-2-4-10(21)5-3-9)14-12(8)20(15(14)22)13(11)16(23)24/h2-5,8,12,14,21H,6-7H2,1H3,(H,18,25)(H,23,24)/t8-,12-,14+/m1/s1. The number of hydrogen-bond donors (Lipinski definition) is 3. The van der Waals surface area contributed by atoms with E-state index in [-0.39, 0.29) is 29.2 Å². The summed E-state index contributed by atoms with van der Waals surface area (Å²) in [5.74, 6) is -1.35. The topological polar surface area (TPSA) is 119 Å². The Hall–Kier alpha value is -3.23. The summed E-state index contributed by atoms with van der Waals surface area (Å²) in [6.07, 6.45) is 0.367. The van der Waals surface area contributed by atoms with Crippen LogP contribution in [0.15, 0.2) is 35.7 Å². The van der Waals surface area contributed by atoms with Crippen LogP contribution in [0.1, 0.15) is 6.42 Å². The van der Waals surface area contributed by atoms with Crippen molar-refractivity contribution in [3.05, 3.63) is 35.7 Å². The maximum absolute atomic E-state index is 12.6. The second kappa shape index (κ2) is 5.65. The van der Waals surface area contributed by atoms with E-state index < -0.39 is 23.9 Å². The summed E-state index contributed by atoms with van der Waals surface area (Å²) in [7, 11) is 1.38. The van der Waals surface area contributed by atoms with Gasteiger partial charge in [-0.15, -0.1) is 0 Å². The van der Waals surface area contributed by atoms with Crippen LogP contribution in [0.2, 0.25) is 0 Å². The number of anilines is 1. The lowest BCUT2D eigenvalue weighted by Gasteiger charge is -2.49. The smallest absolute Gasteiger partial charge is 0.356 e. The van der Waals surface area contributed by atoms with Crippen LogP contribution >= 0.6 is 0 Å². The van der Waals surface area contributed by atoms with Gasteiger partial charge in [0.1, 0.15) is 17.6 Å². The van der Waals surface area contributed by atoms with E-state index in [1.807, 2.05) is 0 Å². The van der Waals surface area contributed by atoms with Crippen molar-refractivity contribution in [2.75, 3.05) is 19.0 Å². The number of allylic oxidation sites excluding steroid dienone is 1. The molecule has 4 rings (SSSR count). The number of methoxy groups -OCH3 is 1. The molecule has 0 bridgehead atoms. The lowest BCUT2D eigenvalue weighted by molar-refractivity contribution is -0.156. The number of aliphatic carboxylic acids is 1. The molecule has 3 aliphatic heterocycles. The monoisotopic (exact) mass is 359 g/mol. The molecule has 0 unspecified atom stereocenters. The van der Waals surface area contributed by atoms with Crippen molar-refractivity contribution in [2.24, 2.45) is 5.92 Å². The van der Waals surface area contributed by atoms with Gasteiger partial charge in [-0.25, -0.2) is 9.59 Å². The molecule has 1 aromatic carbocycles. The third-order valence-corrected chi connectivity index (χ3v) is 5.14. The summed E-state index contributed by atoms with van der Waals surface area (Å²) in [5.41, 5.74) is 0.365. The molecule has 3 amide bonds. The number of carbonyl (C=O) groups excluding carboxylic acids is 2. The number of carbonyl (C=O) groups is 3. The summed E-state index contributed by atoms with van der Waals surface area (Å²) in [6, 6.07) is 4.57. The number of likely N-dealkylation sites (tertiary alicyclic amines) is 1. The van der Waals surface area contributed by atoms with Crippen LogP contribution in [0.3, 0.4) is 0 Å². The number of phenols is 1. The zero-order valence-corrected chi connectivity index (χ0v) is 13.9. The number of aromatic hydroxyl groups is 1. The molecule has 9 nitrogen and oxygen atoms in total. The first-order valence-corrected chi connectivity index (χ1v) is 8.12. The van der Waals surface area contributed by atoms with E-state index in [1.54, 1.807) is 12.1 Å². The molecule has 136 valence electrons. The van der Waals surface area contributed by atoms with E-state index in [4.69, 9.17) is 4.74 Å². The van der Waals surface area contributed by atoms with Gasteiger partial charge in [0, 0.05) is 24.6 Å². The third-order valence-electron chi connectivity index (χ3n) is 5.14. The van der Waals surface area contributed by atoms with E-state index in [1.165, 1.54) is 29.0 Å². The first kappa shape index (κ1) is 16.2. The molecule has 3 atom stereocenters. The van der Waals surface area contributed by atoms with Crippen molar-refractivity contribution in [1.82, 2.24) is 9.80 Å². The molecule has 0 radical (unpaired) electrons. The normalized spacial score (nSPS) is 26.3. The van der Waals surface area contributed by atoms with Crippen LogP contribution in [0.5, 0.6) is 5.75 Å². The van der Waals surface area contributed by atoms with Gasteiger partial charge in [0.05, 0.1) is 13.2 Å². The molecule has 0 spiro atoms. The minimum absolute atomic E-state index is 0.0682. The molecule has 26 heavy (non-hydrogen) atoms. The Bertz CT molecular complexity index is 833. The molecule has 3 N–H and O–H groups in total. The first-order chi connectivity index (χ1) is 12.4. The molecule has 9 heteroatoms. The highest BCUT2D eigenvalue weighted by atomic mass is 16.5. The molecule has 1 aromatic rings. The maximum Gasteiger partial charge on any atom is 0.356 e. The van der Waals surface area contributed by atoms with Crippen molar-refractivity contribution in [1.29, 1.82) is 0 Å². The number of amides is 3. The zero-order valence-electron chi connectivity index (χ0n) is 13.9. The average Bonchev–Trinajstić information content (AvgIpc) is 2.98. The van der Waals surface area contributed by atoms with Gasteiger partial charge < -0.3 is 25.2 Å². The minimum atomic E-state index is -1.21. The van der Waals surface area contributed by atoms with Crippen molar-refractivity contribution in [2.45, 2.75) is 18.5 Å². The highest BCUT2D eigenvalue weighted by Gasteiger charge is 2.64. The van der Waals surface area contributed by atoms with Gasteiger partial charge in [0.2, 0.25) is 0 Å². The predicted molar refractivity (Wildman–Crippen MR) is 88.0 cm³/mol. The number of carboxylic acid groups (broad SMARTS) is 1. The Kier molecular flexibility index (Phi) is 3.53. The molecular formula is C17H17N3O6. The van der Waals surface area contributed by atoms with Crippen LogP contribution < -0.4 is 5.32 Å². The van der Waals surface area contributed by atoms with E-state index in [2.05, 4.69) is 5.32 Å². The van der Waals surface area contributed by atoms with Crippen molar-refractivity contribution in [3.8, 4) is 5.75 Å². The summed E-state index contributed by atoms with van der Waals surface area (Å²) >= 11 is 0. The number of nitrogens with one attached hydrogen (secondary N) is 1. The van der Waals surface area contributed by atoms with Crippen molar-refractivity contribution in [3.63, 3.8) is 0 Å². The SMILES string of the molecule is COC1=C(C(=O)O)N2C(=O)[C@@H]3[C@H]2[C@H](C1)CN3C(=O)Nc1ccc(O)cc1. The fourth-order valence-corrected chi connectivity index (χ4v) is 4.02. The van der Waals surface area contributed by atoms with Gasteiger partial charge in [-0.1, -0.05) is 0 Å². The Morgan fingerprint density at radius 2 is 1.96 bits per heavy atom. The van der Waals surface area contributed by atoms with E-state index >= 15 is 0 Å². The molecule has 0 aliphatic carbocycles. The van der Waals surface area contributed by atoms with Crippen LogP contribution in [0.4, 0.5) is 10.5 Å². The third kappa shape index (κ3) is 2.20. The van der Waals surface area contributed by atoms with Gasteiger partial charge in [0.25, 0.3) is 5.91 Å². The highest BCUT2D eigenvalue weighted by Crippen LogP contribution is 2.47. The zero-order chi connectivity index (χ0) is 18.6. The van der Waals surface area contributed by atoms with Crippen LogP contribution in [-0.4, -0.2) is 63.7 Å². The summed E-state index contributed by atoms with van der Waals surface area (Å²) < 4.78 is 5.18. The molecule has 0 aromatic heterocycles. The second-order valence-electron chi connectivity index (χ2n) is 6.52. The molecule has 2 fully saturated rings. The Morgan fingerprint density at radius 1 is 1.27 bits per heavy atom. The molecule has 0 saturated carbocycles. The number of urea groups is 1. The van der Waals surface area contributed by atoms with Crippen LogP contribution in [0, 0.1) is 5.92 Å². The van der Waals surface area contributed by atoms with Gasteiger partial charge in [-0.05, 0) is 24.3 Å². The molecular weight excluding hydrogens is 342 g/mol. The number of β-lactam (4-membered cyclic amide) rings is 1. The lowest BCUT2D eigenvalue weighted by atomic mass is 9.81. The van der Waals surface area contributed by atoms with Crippen LogP contribution in [0.25, 0.3) is 0 Å².